The Morgan fingerprint density at radius 1 is 1.25 bits per heavy atom. The lowest BCUT2D eigenvalue weighted by Gasteiger charge is -2.29. The highest BCUT2D eigenvalue weighted by atomic mass is 19.4. The van der Waals surface area contributed by atoms with E-state index in [0.717, 1.165) is 12.1 Å². The summed E-state index contributed by atoms with van der Waals surface area (Å²) >= 11 is 0. The van der Waals surface area contributed by atoms with Gasteiger partial charge in [-0.05, 0) is 29.8 Å². The number of hydrogen-bond acceptors (Lipinski definition) is 4. The summed E-state index contributed by atoms with van der Waals surface area (Å²) < 4.78 is 45.9. The number of ether oxygens (including phenoxy) is 1. The highest BCUT2D eigenvalue weighted by Crippen LogP contribution is 2.44. The molecule has 1 aliphatic rings. The third-order valence-electron chi connectivity index (χ3n) is 3.83. The van der Waals surface area contributed by atoms with Gasteiger partial charge in [0, 0.05) is 12.1 Å². The molecule has 24 heavy (non-hydrogen) atoms. The van der Waals surface area contributed by atoms with E-state index in [0.29, 0.717) is 18.0 Å². The molecule has 0 unspecified atom stereocenters. The van der Waals surface area contributed by atoms with Crippen molar-refractivity contribution in [2.45, 2.75) is 12.3 Å². The van der Waals surface area contributed by atoms with E-state index in [4.69, 9.17) is 15.7 Å². The minimum absolute atomic E-state index is 0.0853. The number of nitrogens with one attached hydrogen (secondary N) is 1. The zero-order chi connectivity index (χ0) is 17.3. The predicted octanol–water partition coefficient (Wildman–Crippen LogP) is 3.38. The second-order valence-electron chi connectivity index (χ2n) is 5.41. The van der Waals surface area contributed by atoms with Crippen LogP contribution in [0.25, 0.3) is 11.1 Å². The highest BCUT2D eigenvalue weighted by Gasteiger charge is 2.35. The van der Waals surface area contributed by atoms with Gasteiger partial charge in [-0.1, -0.05) is 12.1 Å². The number of nitrogens with zero attached hydrogens (tertiary/aromatic N) is 1. The van der Waals surface area contributed by atoms with Crippen molar-refractivity contribution in [3.63, 3.8) is 0 Å². The number of hydrogen-bond donors (Lipinski definition) is 2. The minimum Gasteiger partial charge on any atom is -0.484 e. The zero-order valence-electron chi connectivity index (χ0n) is 12.5. The first-order valence-electron chi connectivity index (χ1n) is 7.29. The van der Waals surface area contributed by atoms with Gasteiger partial charge in [0.1, 0.15) is 6.10 Å². The Morgan fingerprint density at radius 3 is 2.71 bits per heavy atom. The van der Waals surface area contributed by atoms with Gasteiger partial charge in [0.05, 0.1) is 29.4 Å². The molecule has 124 valence electrons. The monoisotopic (exact) mass is 333 g/mol. The number of nitrogens with two attached hydrogens (primary N) is 1. The molecule has 0 aliphatic carbocycles. The molecular weight excluding hydrogens is 319 g/mol. The molecule has 1 atom stereocenters. The van der Waals surface area contributed by atoms with Gasteiger partial charge in [-0.2, -0.15) is 18.4 Å². The van der Waals surface area contributed by atoms with E-state index in [1.807, 2.05) is 6.07 Å². The van der Waals surface area contributed by atoms with E-state index in [1.165, 1.54) is 6.07 Å². The second kappa shape index (κ2) is 6.06. The van der Waals surface area contributed by atoms with E-state index < -0.39 is 11.7 Å². The van der Waals surface area contributed by atoms with Crippen molar-refractivity contribution in [3.05, 3.63) is 47.5 Å². The molecule has 3 N–H and O–H groups in total. The summed E-state index contributed by atoms with van der Waals surface area (Å²) in [5, 5.41) is 12.1. The van der Waals surface area contributed by atoms with Gasteiger partial charge in [0.2, 0.25) is 0 Å². The lowest BCUT2D eigenvalue weighted by Crippen LogP contribution is -2.37. The molecule has 0 amide bonds. The number of benzene rings is 2. The van der Waals surface area contributed by atoms with Crippen LogP contribution in [0.5, 0.6) is 5.75 Å². The van der Waals surface area contributed by atoms with Crippen molar-refractivity contribution in [2.24, 2.45) is 5.73 Å². The molecule has 1 heterocycles. The van der Waals surface area contributed by atoms with Crippen molar-refractivity contribution < 1.29 is 17.9 Å². The molecule has 3 rings (SSSR count). The van der Waals surface area contributed by atoms with Crippen molar-refractivity contribution in [1.82, 2.24) is 0 Å². The van der Waals surface area contributed by atoms with Gasteiger partial charge in [0.25, 0.3) is 0 Å². The van der Waals surface area contributed by atoms with E-state index >= 15 is 0 Å². The summed E-state index contributed by atoms with van der Waals surface area (Å²) in [7, 11) is 0. The molecule has 4 nitrogen and oxygen atoms in total. The van der Waals surface area contributed by atoms with Gasteiger partial charge in [-0.3, -0.25) is 0 Å². The predicted molar refractivity (Wildman–Crippen MR) is 83.6 cm³/mol. The standard InChI is InChI=1S/C17H14F3N3O/c18-17(19,20)14-5-4-10(7-21)6-13(14)12-2-1-3-15-16(12)24-11(8-22)9-23-15/h1-6,11,23H,8-9,22H2/t11-/m1/s1. The van der Waals surface area contributed by atoms with Crippen LogP contribution in [0.2, 0.25) is 0 Å². The van der Waals surface area contributed by atoms with Crippen LogP contribution in [0.15, 0.2) is 36.4 Å². The molecule has 0 saturated carbocycles. The number of halogens is 3. The first kappa shape index (κ1) is 16.1. The summed E-state index contributed by atoms with van der Waals surface area (Å²) in [6, 6.07) is 10.1. The Morgan fingerprint density at radius 2 is 2.04 bits per heavy atom. The van der Waals surface area contributed by atoms with Crippen LogP contribution in [0.4, 0.5) is 18.9 Å². The first-order valence-corrected chi connectivity index (χ1v) is 7.29. The molecule has 0 saturated heterocycles. The number of alkyl halides is 3. The molecule has 0 spiro atoms. The van der Waals surface area contributed by atoms with Crippen LogP contribution < -0.4 is 15.8 Å². The summed E-state index contributed by atoms with van der Waals surface area (Å²) in [5.41, 5.74) is 5.74. The van der Waals surface area contributed by atoms with E-state index in [-0.39, 0.29) is 29.3 Å². The third kappa shape index (κ3) is 2.88. The molecule has 0 bridgehead atoms. The van der Waals surface area contributed by atoms with E-state index in [1.54, 1.807) is 18.2 Å². The lowest BCUT2D eigenvalue weighted by atomic mass is 9.95. The van der Waals surface area contributed by atoms with Gasteiger partial charge < -0.3 is 15.8 Å². The van der Waals surface area contributed by atoms with Gasteiger partial charge >= 0.3 is 6.18 Å². The van der Waals surface area contributed by atoms with Crippen molar-refractivity contribution in [1.29, 1.82) is 5.26 Å². The van der Waals surface area contributed by atoms with E-state index in [2.05, 4.69) is 5.32 Å². The average Bonchev–Trinajstić information content (AvgIpc) is 2.59. The summed E-state index contributed by atoms with van der Waals surface area (Å²) in [6.45, 7) is 0.725. The van der Waals surface area contributed by atoms with Crippen LogP contribution in [0.1, 0.15) is 11.1 Å². The van der Waals surface area contributed by atoms with Crippen LogP contribution in [0.3, 0.4) is 0 Å². The molecule has 1 aliphatic heterocycles. The molecule has 0 fully saturated rings. The van der Waals surface area contributed by atoms with Crippen LogP contribution >= 0.6 is 0 Å². The Kier molecular flexibility index (Phi) is 4.08. The Balaban J connectivity index is 2.22. The number of fused-ring (bicyclic) bond motifs is 1. The maximum Gasteiger partial charge on any atom is 0.417 e. The maximum atomic E-state index is 13.4. The highest BCUT2D eigenvalue weighted by molar-refractivity contribution is 5.81. The van der Waals surface area contributed by atoms with Crippen LogP contribution in [0, 0.1) is 11.3 Å². The van der Waals surface area contributed by atoms with E-state index in [9.17, 15) is 13.2 Å². The summed E-state index contributed by atoms with van der Waals surface area (Å²) in [5.74, 6) is 0.319. The third-order valence-corrected chi connectivity index (χ3v) is 3.83. The van der Waals surface area contributed by atoms with Gasteiger partial charge in [-0.25, -0.2) is 0 Å². The molecule has 2 aromatic rings. The smallest absolute Gasteiger partial charge is 0.417 e. The summed E-state index contributed by atoms with van der Waals surface area (Å²) in [4.78, 5) is 0. The fourth-order valence-corrected chi connectivity index (χ4v) is 2.66. The largest absolute Gasteiger partial charge is 0.484 e. The van der Waals surface area contributed by atoms with Crippen LogP contribution in [-0.4, -0.2) is 19.2 Å². The normalized spacial score (nSPS) is 16.5. The Bertz CT molecular complexity index is 812. The Labute approximate surface area is 136 Å². The lowest BCUT2D eigenvalue weighted by molar-refractivity contribution is -0.137. The SMILES string of the molecule is N#Cc1ccc(C(F)(F)F)c(-c2cccc3c2O[C@H](CN)CN3)c1. The van der Waals surface area contributed by atoms with Crippen molar-refractivity contribution >= 4 is 5.69 Å². The quantitative estimate of drug-likeness (QED) is 0.884. The molecule has 7 heteroatoms. The van der Waals surface area contributed by atoms with Crippen molar-refractivity contribution in [3.8, 4) is 22.9 Å². The number of nitriles is 1. The number of rotatable bonds is 2. The molecule has 0 aromatic heterocycles. The number of para-hydroxylation sites is 1. The van der Waals surface area contributed by atoms with Crippen LogP contribution in [-0.2, 0) is 6.18 Å². The van der Waals surface area contributed by atoms with Crippen molar-refractivity contribution in [2.75, 3.05) is 18.4 Å². The fourth-order valence-electron chi connectivity index (χ4n) is 2.66. The summed E-state index contributed by atoms with van der Waals surface area (Å²) in [6.07, 6.45) is -4.87. The minimum atomic E-state index is -4.54. The molecule has 0 radical (unpaired) electrons. The van der Waals surface area contributed by atoms with Gasteiger partial charge in [-0.15, -0.1) is 0 Å². The fraction of sp³-hybridized carbons (Fsp3) is 0.235. The second-order valence-corrected chi connectivity index (χ2v) is 5.41. The molecule has 2 aromatic carbocycles. The first-order chi connectivity index (χ1) is 11.4. The topological polar surface area (TPSA) is 71.1 Å². The average molecular weight is 333 g/mol. The zero-order valence-corrected chi connectivity index (χ0v) is 12.5. The Hall–Kier alpha value is -2.72. The molecular formula is C17H14F3N3O. The van der Waals surface area contributed by atoms with Gasteiger partial charge in [0.15, 0.2) is 5.75 Å². The number of anilines is 1. The maximum absolute atomic E-state index is 13.4.